The maximum absolute atomic E-state index is 13.6. The number of hydrogen-bond donors (Lipinski definition) is 3. The van der Waals surface area contributed by atoms with Gasteiger partial charge in [-0.15, -0.1) is 0 Å². The topological polar surface area (TPSA) is 70.6 Å². The number of urea groups is 1. The van der Waals surface area contributed by atoms with Gasteiger partial charge in [-0.05, 0) is 37.0 Å². The van der Waals surface area contributed by atoms with Crippen molar-refractivity contribution in [2.24, 2.45) is 5.92 Å². The van der Waals surface area contributed by atoms with E-state index < -0.39 is 18.0 Å². The lowest BCUT2D eigenvalue weighted by atomic mass is 10.1. The van der Waals surface area contributed by atoms with E-state index in [2.05, 4.69) is 10.6 Å². The standard InChI is InChI=1S/C19H21FN2O3/c20-15-6-2-1-5-14(15)17(23)11-21-19(24)22-16-7-3-4-8-18(16)25-12-13-9-10-13/h1-8,13,17,23H,9-12H2,(H2,21,22,24). The first-order valence-electron chi connectivity index (χ1n) is 8.32. The Hall–Kier alpha value is -2.60. The molecule has 1 saturated carbocycles. The molecular weight excluding hydrogens is 323 g/mol. The number of carbonyl (C=O) groups excluding carboxylic acids is 1. The summed E-state index contributed by atoms with van der Waals surface area (Å²) in [6.07, 6.45) is 1.25. The number of aliphatic hydroxyl groups excluding tert-OH is 1. The number of amides is 2. The van der Waals surface area contributed by atoms with Crippen LogP contribution < -0.4 is 15.4 Å². The van der Waals surface area contributed by atoms with Gasteiger partial charge in [0, 0.05) is 12.1 Å². The van der Waals surface area contributed by atoms with Crippen LogP contribution in [-0.2, 0) is 0 Å². The summed E-state index contributed by atoms with van der Waals surface area (Å²) in [7, 11) is 0. The van der Waals surface area contributed by atoms with Crippen LogP contribution in [0, 0.1) is 11.7 Å². The van der Waals surface area contributed by atoms with Crippen LogP contribution in [0.5, 0.6) is 5.75 Å². The minimum absolute atomic E-state index is 0.0993. The first kappa shape index (κ1) is 17.2. The zero-order chi connectivity index (χ0) is 17.6. The molecular formula is C19H21FN2O3. The lowest BCUT2D eigenvalue weighted by Crippen LogP contribution is -2.32. The van der Waals surface area contributed by atoms with Gasteiger partial charge < -0.3 is 20.5 Å². The van der Waals surface area contributed by atoms with Crippen LogP contribution >= 0.6 is 0 Å². The van der Waals surface area contributed by atoms with Crippen LogP contribution in [0.4, 0.5) is 14.9 Å². The fourth-order valence-corrected chi connectivity index (χ4v) is 2.40. The zero-order valence-corrected chi connectivity index (χ0v) is 13.7. The van der Waals surface area contributed by atoms with E-state index in [-0.39, 0.29) is 12.1 Å². The largest absolute Gasteiger partial charge is 0.491 e. The lowest BCUT2D eigenvalue weighted by Gasteiger charge is -2.15. The Morgan fingerprint density at radius 2 is 1.92 bits per heavy atom. The van der Waals surface area contributed by atoms with Crippen LogP contribution in [0.15, 0.2) is 48.5 Å². The molecule has 1 aliphatic carbocycles. The van der Waals surface area contributed by atoms with Gasteiger partial charge in [0.15, 0.2) is 0 Å². The Balaban J connectivity index is 1.53. The molecule has 0 radical (unpaired) electrons. The Morgan fingerprint density at radius 1 is 1.20 bits per heavy atom. The Morgan fingerprint density at radius 3 is 2.68 bits per heavy atom. The molecule has 2 aromatic carbocycles. The molecule has 132 valence electrons. The molecule has 0 aliphatic heterocycles. The van der Waals surface area contributed by atoms with Gasteiger partial charge >= 0.3 is 6.03 Å². The Labute approximate surface area is 145 Å². The third-order valence-electron chi connectivity index (χ3n) is 4.03. The van der Waals surface area contributed by atoms with Crippen molar-refractivity contribution in [3.8, 4) is 5.75 Å². The van der Waals surface area contributed by atoms with Crippen molar-refractivity contribution in [1.82, 2.24) is 5.32 Å². The maximum atomic E-state index is 13.6. The molecule has 3 N–H and O–H groups in total. The number of nitrogens with one attached hydrogen (secondary N) is 2. The van der Waals surface area contributed by atoms with Crippen molar-refractivity contribution < 1.29 is 19.0 Å². The van der Waals surface area contributed by atoms with Crippen LogP contribution in [-0.4, -0.2) is 24.3 Å². The Bertz CT molecular complexity index is 734. The van der Waals surface area contributed by atoms with E-state index in [1.165, 1.54) is 25.0 Å². The number of benzene rings is 2. The van der Waals surface area contributed by atoms with Gasteiger partial charge in [-0.2, -0.15) is 0 Å². The molecule has 2 amide bonds. The molecule has 5 nitrogen and oxygen atoms in total. The van der Waals surface area contributed by atoms with E-state index in [1.54, 1.807) is 30.3 Å². The second-order valence-electron chi connectivity index (χ2n) is 6.12. The molecule has 3 rings (SSSR count). The predicted molar refractivity (Wildman–Crippen MR) is 93.0 cm³/mol. The number of ether oxygens (including phenoxy) is 1. The van der Waals surface area contributed by atoms with Crippen molar-refractivity contribution >= 4 is 11.7 Å². The number of para-hydroxylation sites is 2. The summed E-state index contributed by atoms with van der Waals surface area (Å²) < 4.78 is 19.3. The number of carbonyl (C=O) groups is 1. The first-order valence-corrected chi connectivity index (χ1v) is 8.32. The monoisotopic (exact) mass is 344 g/mol. The van der Waals surface area contributed by atoms with Gasteiger partial charge in [-0.25, -0.2) is 9.18 Å². The normalized spacial score (nSPS) is 14.6. The highest BCUT2D eigenvalue weighted by Gasteiger charge is 2.22. The van der Waals surface area contributed by atoms with E-state index in [9.17, 15) is 14.3 Å². The van der Waals surface area contributed by atoms with E-state index in [0.29, 0.717) is 24.0 Å². The van der Waals surface area contributed by atoms with Gasteiger partial charge in [0.05, 0.1) is 18.4 Å². The fourth-order valence-electron chi connectivity index (χ4n) is 2.40. The second-order valence-corrected chi connectivity index (χ2v) is 6.12. The third-order valence-corrected chi connectivity index (χ3v) is 4.03. The highest BCUT2D eigenvalue weighted by atomic mass is 19.1. The molecule has 0 spiro atoms. The summed E-state index contributed by atoms with van der Waals surface area (Å²) in [5, 5.41) is 15.3. The highest BCUT2D eigenvalue weighted by molar-refractivity contribution is 5.90. The van der Waals surface area contributed by atoms with Gasteiger partial charge in [-0.3, -0.25) is 0 Å². The quantitative estimate of drug-likeness (QED) is 0.720. The molecule has 0 aromatic heterocycles. The van der Waals surface area contributed by atoms with Gasteiger partial charge in [0.1, 0.15) is 11.6 Å². The summed E-state index contributed by atoms with van der Waals surface area (Å²) in [4.78, 5) is 12.1. The molecule has 1 fully saturated rings. The van der Waals surface area contributed by atoms with E-state index in [4.69, 9.17) is 4.74 Å². The molecule has 0 heterocycles. The molecule has 6 heteroatoms. The lowest BCUT2D eigenvalue weighted by molar-refractivity contribution is 0.170. The SMILES string of the molecule is O=C(NCC(O)c1ccccc1F)Nc1ccccc1OCC1CC1. The molecule has 1 unspecified atom stereocenters. The molecule has 1 atom stereocenters. The van der Waals surface area contributed by atoms with Crippen LogP contribution in [0.2, 0.25) is 0 Å². The number of rotatable bonds is 7. The third kappa shape index (κ3) is 4.93. The number of anilines is 1. The molecule has 25 heavy (non-hydrogen) atoms. The summed E-state index contributed by atoms with van der Waals surface area (Å²) in [5.41, 5.74) is 0.706. The first-order chi connectivity index (χ1) is 12.1. The van der Waals surface area contributed by atoms with Gasteiger partial charge in [0.2, 0.25) is 0 Å². The Kier molecular flexibility index (Phi) is 5.50. The van der Waals surface area contributed by atoms with Crippen LogP contribution in [0.25, 0.3) is 0 Å². The van der Waals surface area contributed by atoms with E-state index >= 15 is 0 Å². The van der Waals surface area contributed by atoms with Crippen molar-refractivity contribution in [2.75, 3.05) is 18.5 Å². The van der Waals surface area contributed by atoms with Crippen molar-refractivity contribution in [3.05, 3.63) is 59.9 Å². The van der Waals surface area contributed by atoms with E-state index in [1.807, 2.05) is 6.07 Å². The molecule has 0 saturated heterocycles. The summed E-state index contributed by atoms with van der Waals surface area (Å²) in [5.74, 6) is 0.716. The minimum Gasteiger partial charge on any atom is -0.491 e. The minimum atomic E-state index is -1.12. The summed E-state index contributed by atoms with van der Waals surface area (Å²) in [6.45, 7) is 0.546. The number of aliphatic hydroxyl groups is 1. The second kappa shape index (κ2) is 7.98. The summed E-state index contributed by atoms with van der Waals surface area (Å²) in [6, 6.07) is 12.6. The van der Waals surface area contributed by atoms with Crippen LogP contribution in [0.3, 0.4) is 0 Å². The smallest absolute Gasteiger partial charge is 0.319 e. The average Bonchev–Trinajstić information content (AvgIpc) is 3.44. The predicted octanol–water partition coefficient (Wildman–Crippen LogP) is 3.47. The van der Waals surface area contributed by atoms with Gasteiger partial charge in [0.25, 0.3) is 0 Å². The summed E-state index contributed by atoms with van der Waals surface area (Å²) >= 11 is 0. The number of halogens is 1. The highest BCUT2D eigenvalue weighted by Crippen LogP contribution is 2.31. The van der Waals surface area contributed by atoms with Crippen LogP contribution in [0.1, 0.15) is 24.5 Å². The van der Waals surface area contributed by atoms with Gasteiger partial charge in [-0.1, -0.05) is 30.3 Å². The van der Waals surface area contributed by atoms with Crippen molar-refractivity contribution in [2.45, 2.75) is 18.9 Å². The molecule has 1 aliphatic rings. The number of hydrogen-bond acceptors (Lipinski definition) is 3. The zero-order valence-electron chi connectivity index (χ0n) is 13.7. The van der Waals surface area contributed by atoms with Crippen molar-refractivity contribution in [3.63, 3.8) is 0 Å². The van der Waals surface area contributed by atoms with Crippen molar-refractivity contribution in [1.29, 1.82) is 0 Å². The molecule has 0 bridgehead atoms. The van der Waals surface area contributed by atoms with E-state index in [0.717, 1.165) is 0 Å². The molecule has 2 aromatic rings. The average molecular weight is 344 g/mol. The fraction of sp³-hybridized carbons (Fsp3) is 0.316. The maximum Gasteiger partial charge on any atom is 0.319 e.